The Morgan fingerprint density at radius 3 is 2.11 bits per heavy atom. The maximum atomic E-state index is 2.21. The molecule has 0 saturated heterocycles. The number of quaternary nitrogens is 1. The molecule has 0 saturated carbocycles. The molecular formula is C8H18N+. The van der Waals surface area contributed by atoms with Crippen LogP contribution in [-0.2, 0) is 0 Å². The summed E-state index contributed by atoms with van der Waals surface area (Å²) in [7, 11) is 6.64. The molecule has 0 atom stereocenters. The molecule has 0 radical (unpaired) electrons. The molecule has 0 amide bonds. The first-order valence-corrected chi connectivity index (χ1v) is 3.48. The van der Waals surface area contributed by atoms with E-state index >= 15 is 0 Å². The van der Waals surface area contributed by atoms with Gasteiger partial charge in [0.15, 0.2) is 0 Å². The van der Waals surface area contributed by atoms with E-state index < -0.39 is 0 Å². The fraction of sp³-hybridized carbons (Fsp3) is 0.750. The first-order chi connectivity index (χ1) is 4.06. The second-order valence-corrected chi connectivity index (χ2v) is 3.37. The molecule has 0 fully saturated rings. The highest BCUT2D eigenvalue weighted by molar-refractivity contribution is 4.75. The van der Waals surface area contributed by atoms with Crippen LogP contribution in [0.15, 0.2) is 12.2 Å². The number of allylic oxidation sites excluding steroid dienone is 1. The van der Waals surface area contributed by atoms with E-state index in [0.29, 0.717) is 0 Å². The lowest BCUT2D eigenvalue weighted by molar-refractivity contribution is -0.869. The highest BCUT2D eigenvalue weighted by atomic mass is 15.3. The molecule has 1 nitrogen and oxygen atoms in total. The Kier molecular flexibility index (Phi) is 3.55. The van der Waals surface area contributed by atoms with Crippen molar-refractivity contribution in [3.8, 4) is 0 Å². The molecule has 0 aromatic heterocycles. The predicted octanol–water partition coefficient (Wildman–Crippen LogP) is 1.66. The Balaban J connectivity index is 3.28. The van der Waals surface area contributed by atoms with Crippen LogP contribution in [0.2, 0.25) is 0 Å². The van der Waals surface area contributed by atoms with Crippen LogP contribution in [0.3, 0.4) is 0 Å². The third-order valence-corrected chi connectivity index (χ3v) is 1.20. The Labute approximate surface area is 58.6 Å². The van der Waals surface area contributed by atoms with E-state index in [-0.39, 0.29) is 0 Å². The molecule has 0 bridgehead atoms. The quantitative estimate of drug-likeness (QED) is 0.400. The van der Waals surface area contributed by atoms with Crippen LogP contribution < -0.4 is 0 Å². The predicted molar refractivity (Wildman–Crippen MR) is 42.3 cm³/mol. The maximum absolute atomic E-state index is 2.21. The minimum atomic E-state index is 1.06. The van der Waals surface area contributed by atoms with E-state index in [0.717, 1.165) is 4.48 Å². The molecule has 0 aliphatic carbocycles. The summed E-state index contributed by atoms with van der Waals surface area (Å²) in [6.45, 7) is 3.29. The largest absolute Gasteiger partial charge is 0.331 e. The summed E-state index contributed by atoms with van der Waals surface area (Å²) in [5.41, 5.74) is 0. The molecule has 0 aromatic rings. The first kappa shape index (κ1) is 8.70. The molecule has 0 heterocycles. The minimum Gasteiger partial charge on any atom is -0.331 e. The zero-order valence-electron chi connectivity index (χ0n) is 7.02. The van der Waals surface area contributed by atoms with Crippen molar-refractivity contribution in [3.63, 3.8) is 0 Å². The summed E-state index contributed by atoms with van der Waals surface area (Å²) < 4.78 is 1.06. The molecule has 0 spiro atoms. The van der Waals surface area contributed by atoms with Crippen molar-refractivity contribution in [2.45, 2.75) is 13.3 Å². The van der Waals surface area contributed by atoms with E-state index in [4.69, 9.17) is 0 Å². The molecule has 0 rings (SSSR count). The normalized spacial score (nSPS) is 12.9. The van der Waals surface area contributed by atoms with Gasteiger partial charge in [-0.15, -0.1) is 0 Å². The minimum absolute atomic E-state index is 1.06. The van der Waals surface area contributed by atoms with Crippen molar-refractivity contribution in [2.24, 2.45) is 0 Å². The molecule has 1 heteroatoms. The van der Waals surface area contributed by atoms with Crippen molar-refractivity contribution < 1.29 is 4.48 Å². The van der Waals surface area contributed by atoms with Crippen LogP contribution in [0.5, 0.6) is 0 Å². The number of hydrogen-bond acceptors (Lipinski definition) is 0. The van der Waals surface area contributed by atoms with Gasteiger partial charge in [-0.2, -0.15) is 0 Å². The van der Waals surface area contributed by atoms with Crippen LogP contribution in [0.4, 0.5) is 0 Å². The molecule has 0 aliphatic rings. The van der Waals surface area contributed by atoms with Gasteiger partial charge in [-0.1, -0.05) is 12.2 Å². The monoisotopic (exact) mass is 128 g/mol. The Morgan fingerprint density at radius 2 is 1.78 bits per heavy atom. The van der Waals surface area contributed by atoms with Crippen LogP contribution >= 0.6 is 0 Å². The molecule has 0 aromatic carbocycles. The molecule has 0 aliphatic heterocycles. The Morgan fingerprint density at radius 1 is 1.22 bits per heavy atom. The molecule has 0 unspecified atom stereocenters. The van der Waals surface area contributed by atoms with E-state index in [1.54, 1.807) is 0 Å². The fourth-order valence-corrected chi connectivity index (χ4v) is 0.629. The summed E-state index contributed by atoms with van der Waals surface area (Å²) in [6, 6.07) is 0. The second-order valence-electron chi connectivity index (χ2n) is 3.37. The van der Waals surface area contributed by atoms with E-state index in [1.165, 1.54) is 13.0 Å². The van der Waals surface area contributed by atoms with E-state index in [2.05, 4.69) is 40.2 Å². The Bertz CT molecular complexity index is 87.2. The van der Waals surface area contributed by atoms with Crippen LogP contribution in [-0.4, -0.2) is 32.2 Å². The van der Waals surface area contributed by atoms with Gasteiger partial charge >= 0.3 is 0 Å². The lowest BCUT2D eigenvalue weighted by Gasteiger charge is -2.22. The van der Waals surface area contributed by atoms with E-state index in [9.17, 15) is 0 Å². The van der Waals surface area contributed by atoms with Gasteiger partial charge in [0.2, 0.25) is 0 Å². The second kappa shape index (κ2) is 3.67. The summed E-state index contributed by atoms with van der Waals surface area (Å²) in [5, 5.41) is 0. The third kappa shape index (κ3) is 7.70. The summed E-state index contributed by atoms with van der Waals surface area (Å²) >= 11 is 0. The first-order valence-electron chi connectivity index (χ1n) is 3.48. The van der Waals surface area contributed by atoms with Gasteiger partial charge in [0, 0.05) is 6.42 Å². The van der Waals surface area contributed by atoms with Gasteiger partial charge in [0.1, 0.15) is 0 Å². The van der Waals surface area contributed by atoms with Crippen molar-refractivity contribution in [2.75, 3.05) is 27.7 Å². The SMILES string of the molecule is CC=CCC[N+](C)(C)C. The van der Waals surface area contributed by atoms with Crippen LogP contribution in [0.25, 0.3) is 0 Å². The third-order valence-electron chi connectivity index (χ3n) is 1.20. The fourth-order valence-electron chi connectivity index (χ4n) is 0.629. The van der Waals surface area contributed by atoms with Gasteiger partial charge in [0.25, 0.3) is 0 Å². The molecule has 0 N–H and O–H groups in total. The van der Waals surface area contributed by atoms with Crippen molar-refractivity contribution in [3.05, 3.63) is 12.2 Å². The summed E-state index contributed by atoms with van der Waals surface area (Å²) in [5.74, 6) is 0. The maximum Gasteiger partial charge on any atom is 0.0815 e. The number of nitrogens with zero attached hydrogens (tertiary/aromatic N) is 1. The van der Waals surface area contributed by atoms with Gasteiger partial charge in [0.05, 0.1) is 27.7 Å². The van der Waals surface area contributed by atoms with Crippen molar-refractivity contribution in [1.29, 1.82) is 0 Å². The van der Waals surface area contributed by atoms with Crippen molar-refractivity contribution >= 4 is 0 Å². The van der Waals surface area contributed by atoms with Crippen LogP contribution in [0, 0.1) is 0 Å². The standard InChI is InChI=1S/C8H18N/c1-5-6-7-8-9(2,3)4/h5-6H,7-8H2,1-4H3/q+1. The topological polar surface area (TPSA) is 0 Å². The average molecular weight is 128 g/mol. The van der Waals surface area contributed by atoms with Gasteiger partial charge < -0.3 is 4.48 Å². The van der Waals surface area contributed by atoms with Crippen LogP contribution in [0.1, 0.15) is 13.3 Å². The molecular weight excluding hydrogens is 110 g/mol. The zero-order valence-corrected chi connectivity index (χ0v) is 7.02. The van der Waals surface area contributed by atoms with E-state index in [1.807, 2.05) is 0 Å². The Hall–Kier alpha value is -0.300. The lowest BCUT2D eigenvalue weighted by Crippen LogP contribution is -2.34. The lowest BCUT2D eigenvalue weighted by atomic mass is 10.3. The summed E-state index contributed by atoms with van der Waals surface area (Å²) in [6.07, 6.45) is 5.51. The molecule has 54 valence electrons. The smallest absolute Gasteiger partial charge is 0.0815 e. The van der Waals surface area contributed by atoms with Gasteiger partial charge in [-0.25, -0.2) is 0 Å². The zero-order chi connectivity index (χ0) is 7.33. The number of rotatable bonds is 3. The average Bonchev–Trinajstić information content (AvgIpc) is 1.63. The highest BCUT2D eigenvalue weighted by Crippen LogP contribution is 1.93. The van der Waals surface area contributed by atoms with Gasteiger partial charge in [-0.05, 0) is 6.92 Å². The number of hydrogen-bond donors (Lipinski definition) is 0. The summed E-state index contributed by atoms with van der Waals surface area (Å²) in [4.78, 5) is 0. The van der Waals surface area contributed by atoms with Gasteiger partial charge in [-0.3, -0.25) is 0 Å². The highest BCUT2D eigenvalue weighted by Gasteiger charge is 2.02. The van der Waals surface area contributed by atoms with Crippen molar-refractivity contribution in [1.82, 2.24) is 0 Å². The molecule has 9 heavy (non-hydrogen) atoms.